The monoisotopic (exact) mass is 414 g/mol. The molecular weight excluding hydrogens is 392 g/mol. The van der Waals surface area contributed by atoms with Crippen molar-refractivity contribution in [2.24, 2.45) is 0 Å². The molecule has 1 aliphatic rings. The molecule has 7 heteroatoms. The van der Waals surface area contributed by atoms with E-state index in [9.17, 15) is 14.7 Å². The van der Waals surface area contributed by atoms with Gasteiger partial charge in [0, 0.05) is 23.7 Å². The Kier molecular flexibility index (Phi) is 6.25. The molecule has 2 aromatic carbocycles. The van der Waals surface area contributed by atoms with Crippen LogP contribution in [0.25, 0.3) is 5.76 Å². The minimum absolute atomic E-state index is 0.0456. The average molecular weight is 415 g/mol. The van der Waals surface area contributed by atoms with E-state index in [1.807, 2.05) is 19.0 Å². The van der Waals surface area contributed by atoms with E-state index in [0.29, 0.717) is 35.0 Å². The zero-order chi connectivity index (χ0) is 21.1. The molecule has 0 saturated carbocycles. The Balaban J connectivity index is 2.16. The number of likely N-dealkylation sites (N-methyl/N-ethyl adjacent to an activating group) is 1. The number of likely N-dealkylation sites (tertiary alicyclic amines) is 1. The van der Waals surface area contributed by atoms with Gasteiger partial charge in [0.1, 0.15) is 11.5 Å². The van der Waals surface area contributed by atoms with Gasteiger partial charge in [-0.2, -0.15) is 0 Å². The first-order chi connectivity index (χ1) is 13.8. The number of ketones is 1. The Morgan fingerprint density at radius 2 is 1.90 bits per heavy atom. The van der Waals surface area contributed by atoms with Gasteiger partial charge in [-0.1, -0.05) is 35.9 Å². The van der Waals surface area contributed by atoms with Crippen LogP contribution in [0.15, 0.2) is 54.1 Å². The third-order valence-electron chi connectivity index (χ3n) is 4.84. The van der Waals surface area contributed by atoms with E-state index in [2.05, 4.69) is 0 Å². The second kappa shape index (κ2) is 8.68. The Morgan fingerprint density at radius 3 is 2.55 bits per heavy atom. The molecule has 3 rings (SSSR count). The van der Waals surface area contributed by atoms with Crippen molar-refractivity contribution in [3.05, 3.63) is 70.3 Å². The summed E-state index contributed by atoms with van der Waals surface area (Å²) in [7, 11) is 5.30. The van der Waals surface area contributed by atoms with Crippen LogP contribution in [0.1, 0.15) is 17.2 Å². The number of amides is 1. The first-order valence-electron chi connectivity index (χ1n) is 9.16. The summed E-state index contributed by atoms with van der Waals surface area (Å²) >= 11 is 6.16. The highest BCUT2D eigenvalue weighted by Gasteiger charge is 2.45. The minimum Gasteiger partial charge on any atom is -0.507 e. The van der Waals surface area contributed by atoms with Crippen LogP contribution in [0.3, 0.4) is 0 Å². The normalized spacial score (nSPS) is 18.5. The molecule has 1 unspecified atom stereocenters. The largest absolute Gasteiger partial charge is 0.507 e. The highest BCUT2D eigenvalue weighted by molar-refractivity contribution is 6.46. The van der Waals surface area contributed by atoms with Crippen LogP contribution >= 0.6 is 11.6 Å². The second-order valence-electron chi connectivity index (χ2n) is 7.08. The van der Waals surface area contributed by atoms with Crippen LogP contribution in [-0.2, 0) is 9.59 Å². The van der Waals surface area contributed by atoms with E-state index in [-0.39, 0.29) is 11.3 Å². The smallest absolute Gasteiger partial charge is 0.295 e. The van der Waals surface area contributed by atoms with Gasteiger partial charge in [-0.15, -0.1) is 0 Å². The number of methoxy groups -OCH3 is 1. The molecule has 6 nitrogen and oxygen atoms in total. The van der Waals surface area contributed by atoms with Crippen LogP contribution < -0.4 is 4.74 Å². The lowest BCUT2D eigenvalue weighted by Crippen LogP contribution is -2.35. The predicted octanol–water partition coefficient (Wildman–Crippen LogP) is 3.33. The molecule has 0 bridgehead atoms. The fourth-order valence-corrected chi connectivity index (χ4v) is 3.57. The van der Waals surface area contributed by atoms with Crippen molar-refractivity contribution in [3.8, 4) is 5.75 Å². The fraction of sp³-hybridized carbons (Fsp3) is 0.273. The molecule has 0 radical (unpaired) electrons. The summed E-state index contributed by atoms with van der Waals surface area (Å²) in [6.45, 7) is 0.910. The molecule has 1 aliphatic heterocycles. The molecule has 0 spiro atoms. The van der Waals surface area contributed by atoms with Crippen molar-refractivity contribution in [1.82, 2.24) is 9.80 Å². The lowest BCUT2D eigenvalue weighted by Gasteiger charge is -2.26. The van der Waals surface area contributed by atoms with E-state index in [1.165, 1.54) is 12.0 Å². The molecule has 1 amide bonds. The van der Waals surface area contributed by atoms with E-state index in [1.54, 1.807) is 48.5 Å². The van der Waals surface area contributed by atoms with E-state index in [4.69, 9.17) is 16.3 Å². The van der Waals surface area contributed by atoms with Crippen LogP contribution in [0.5, 0.6) is 5.75 Å². The Labute approximate surface area is 174 Å². The van der Waals surface area contributed by atoms with Crippen molar-refractivity contribution in [2.45, 2.75) is 6.04 Å². The number of Topliss-reactive ketones (excluding diaryl/α,β-unsaturated/α-hetero) is 1. The summed E-state index contributed by atoms with van der Waals surface area (Å²) in [5.74, 6) is -1.05. The van der Waals surface area contributed by atoms with E-state index < -0.39 is 17.7 Å². The topological polar surface area (TPSA) is 70.1 Å². The zero-order valence-corrected chi connectivity index (χ0v) is 17.3. The Bertz CT molecular complexity index is 971. The number of hydrogen-bond donors (Lipinski definition) is 1. The highest BCUT2D eigenvalue weighted by Crippen LogP contribution is 2.40. The van der Waals surface area contributed by atoms with E-state index >= 15 is 0 Å². The van der Waals surface area contributed by atoms with Gasteiger partial charge in [0.25, 0.3) is 11.7 Å². The standard InChI is InChI=1S/C22H23ClN2O4/c1-24(2)10-11-25-19(14-6-4-8-16(23)12-14)18(21(27)22(25)28)20(26)15-7-5-9-17(13-15)29-3/h4-9,12-13,19,26H,10-11H2,1-3H3/b20-18-. The predicted molar refractivity (Wildman–Crippen MR) is 112 cm³/mol. The van der Waals surface area contributed by atoms with Gasteiger partial charge in [0.2, 0.25) is 0 Å². The third-order valence-corrected chi connectivity index (χ3v) is 5.07. The first kappa shape index (κ1) is 20.9. The fourth-order valence-electron chi connectivity index (χ4n) is 3.37. The van der Waals surface area contributed by atoms with Gasteiger partial charge in [0.05, 0.1) is 18.7 Å². The quantitative estimate of drug-likeness (QED) is 0.446. The molecule has 1 N–H and O–H groups in total. The Hall–Kier alpha value is -2.83. The number of hydrogen-bond acceptors (Lipinski definition) is 5. The van der Waals surface area contributed by atoms with Gasteiger partial charge in [-0.05, 0) is 43.9 Å². The maximum absolute atomic E-state index is 12.9. The summed E-state index contributed by atoms with van der Waals surface area (Å²) in [5.41, 5.74) is 1.12. The first-order valence-corrected chi connectivity index (χ1v) is 9.54. The number of halogens is 1. The molecule has 1 saturated heterocycles. The van der Waals surface area contributed by atoms with Gasteiger partial charge < -0.3 is 19.6 Å². The number of nitrogens with zero attached hydrogens (tertiary/aromatic N) is 2. The Morgan fingerprint density at radius 1 is 1.17 bits per heavy atom. The van der Waals surface area contributed by atoms with E-state index in [0.717, 1.165) is 0 Å². The molecule has 0 aromatic heterocycles. The van der Waals surface area contributed by atoms with Crippen molar-refractivity contribution in [2.75, 3.05) is 34.3 Å². The van der Waals surface area contributed by atoms with Crippen LogP contribution in [0, 0.1) is 0 Å². The summed E-state index contributed by atoms with van der Waals surface area (Å²) in [5, 5.41) is 11.5. The molecule has 29 heavy (non-hydrogen) atoms. The van der Waals surface area contributed by atoms with Crippen LogP contribution in [0.2, 0.25) is 5.02 Å². The number of ether oxygens (including phenoxy) is 1. The maximum atomic E-state index is 12.9. The summed E-state index contributed by atoms with van der Waals surface area (Å²) < 4.78 is 5.21. The number of carbonyl (C=O) groups excluding carboxylic acids is 2. The van der Waals surface area contributed by atoms with Crippen molar-refractivity contribution < 1.29 is 19.4 Å². The number of carbonyl (C=O) groups is 2. The molecule has 2 aromatic rings. The van der Waals surface area contributed by atoms with Crippen molar-refractivity contribution >= 4 is 29.1 Å². The molecule has 1 fully saturated rings. The molecule has 152 valence electrons. The molecule has 0 aliphatic carbocycles. The number of aliphatic hydroxyl groups excluding tert-OH is 1. The maximum Gasteiger partial charge on any atom is 0.295 e. The minimum atomic E-state index is -0.722. The zero-order valence-electron chi connectivity index (χ0n) is 16.6. The summed E-state index contributed by atoms with van der Waals surface area (Å²) in [4.78, 5) is 29.1. The molecule has 1 atom stereocenters. The van der Waals surface area contributed by atoms with Crippen LogP contribution in [0.4, 0.5) is 0 Å². The number of benzene rings is 2. The summed E-state index contributed by atoms with van der Waals surface area (Å²) in [6.07, 6.45) is 0. The summed E-state index contributed by atoms with van der Waals surface area (Å²) in [6, 6.07) is 13.0. The van der Waals surface area contributed by atoms with Gasteiger partial charge in [-0.25, -0.2) is 0 Å². The number of rotatable bonds is 6. The van der Waals surface area contributed by atoms with Crippen LogP contribution in [-0.4, -0.2) is 60.9 Å². The lowest BCUT2D eigenvalue weighted by atomic mass is 9.95. The molecular formula is C22H23ClN2O4. The van der Waals surface area contributed by atoms with Gasteiger partial charge in [-0.3, -0.25) is 9.59 Å². The van der Waals surface area contributed by atoms with Crippen molar-refractivity contribution in [3.63, 3.8) is 0 Å². The lowest BCUT2D eigenvalue weighted by molar-refractivity contribution is -0.140. The van der Waals surface area contributed by atoms with Crippen molar-refractivity contribution in [1.29, 1.82) is 0 Å². The molecule has 1 heterocycles. The second-order valence-corrected chi connectivity index (χ2v) is 7.52. The number of aliphatic hydroxyl groups is 1. The van der Waals surface area contributed by atoms with Gasteiger partial charge >= 0.3 is 0 Å². The average Bonchev–Trinajstić information content (AvgIpc) is 2.96. The third kappa shape index (κ3) is 4.28. The van der Waals surface area contributed by atoms with Gasteiger partial charge in [0.15, 0.2) is 0 Å². The SMILES string of the molecule is COc1cccc(/C(O)=C2/C(=O)C(=O)N(CCN(C)C)C2c2cccc(Cl)c2)c1. The highest BCUT2D eigenvalue weighted by atomic mass is 35.5.